The van der Waals surface area contributed by atoms with Crippen LogP contribution in [0, 0.1) is 0 Å². The molecule has 1 amide bonds. The predicted molar refractivity (Wildman–Crippen MR) is 82.9 cm³/mol. The third-order valence-corrected chi connectivity index (χ3v) is 4.03. The highest BCUT2D eigenvalue weighted by atomic mass is 79.9. The summed E-state index contributed by atoms with van der Waals surface area (Å²) in [5.41, 5.74) is -4.16. The lowest BCUT2D eigenvalue weighted by molar-refractivity contribution is -0.164. The van der Waals surface area contributed by atoms with Crippen LogP contribution in [-0.2, 0) is 6.54 Å². The monoisotopic (exact) mass is 438 g/mol. The van der Waals surface area contributed by atoms with E-state index in [2.05, 4.69) is 26.1 Å². The quantitative estimate of drug-likeness (QED) is 0.727. The molecule has 0 spiro atoms. The smallest absolute Gasteiger partial charge is 0.312 e. The Morgan fingerprint density at radius 1 is 1.38 bits per heavy atom. The molecule has 0 radical (unpaired) electrons. The lowest BCUT2D eigenvalue weighted by Gasteiger charge is -2.29. The fourth-order valence-corrected chi connectivity index (χ4v) is 2.70. The second kappa shape index (κ2) is 6.83. The fourth-order valence-electron chi connectivity index (χ4n) is 2.37. The van der Waals surface area contributed by atoms with Gasteiger partial charge in [0.25, 0.3) is 12.9 Å². The minimum Gasteiger partial charge on any atom is -0.454 e. The van der Waals surface area contributed by atoms with Gasteiger partial charge < -0.3 is 9.52 Å². The van der Waals surface area contributed by atoms with Crippen LogP contribution in [0.15, 0.2) is 38.5 Å². The number of hydrazone groups is 1. The van der Waals surface area contributed by atoms with Gasteiger partial charge in [0.05, 0.1) is 17.2 Å². The summed E-state index contributed by atoms with van der Waals surface area (Å²) in [6.07, 6.45) is -4.66. The van der Waals surface area contributed by atoms with E-state index in [4.69, 9.17) is 4.42 Å². The molecule has 0 saturated carbocycles. The van der Waals surface area contributed by atoms with Crippen molar-refractivity contribution in [3.8, 4) is 0 Å². The molecule has 0 unspecified atom stereocenters. The Morgan fingerprint density at radius 3 is 2.69 bits per heavy atom. The molecule has 2 aromatic heterocycles. The standard InChI is InChI=1S/C14H11BrF4N4O3/c15-7-4-20-22(5-7)6-8-1-2-10(26-8)12(24)23-14(25,13(18)19)3-9(21-23)11(16)17/h1-2,4-5,11,13,25H,3,6H2/t14-/m1/s1. The van der Waals surface area contributed by atoms with Crippen LogP contribution >= 0.6 is 15.9 Å². The lowest BCUT2D eigenvalue weighted by atomic mass is 10.1. The zero-order valence-corrected chi connectivity index (χ0v) is 14.4. The van der Waals surface area contributed by atoms with E-state index in [-0.39, 0.29) is 17.3 Å². The molecule has 1 aliphatic rings. The number of hydrogen-bond acceptors (Lipinski definition) is 5. The largest absolute Gasteiger partial charge is 0.454 e. The van der Waals surface area contributed by atoms with Crippen molar-refractivity contribution in [3.63, 3.8) is 0 Å². The zero-order chi connectivity index (χ0) is 19.1. The second-order valence-electron chi connectivity index (χ2n) is 5.49. The maximum absolute atomic E-state index is 13.2. The van der Waals surface area contributed by atoms with Gasteiger partial charge in [0.2, 0.25) is 5.72 Å². The Bertz CT molecular complexity index is 853. The average Bonchev–Trinajstić information content (AvgIpc) is 3.27. The van der Waals surface area contributed by atoms with E-state index < -0.39 is 42.4 Å². The zero-order valence-electron chi connectivity index (χ0n) is 12.8. The summed E-state index contributed by atoms with van der Waals surface area (Å²) in [7, 11) is 0. The van der Waals surface area contributed by atoms with Gasteiger partial charge in [0, 0.05) is 12.6 Å². The van der Waals surface area contributed by atoms with Gasteiger partial charge in [-0.15, -0.1) is 0 Å². The van der Waals surface area contributed by atoms with Crippen LogP contribution in [0.3, 0.4) is 0 Å². The minimum atomic E-state index is -3.50. The van der Waals surface area contributed by atoms with Crippen molar-refractivity contribution in [1.82, 2.24) is 14.8 Å². The molecule has 26 heavy (non-hydrogen) atoms. The van der Waals surface area contributed by atoms with E-state index in [0.29, 0.717) is 4.47 Å². The third kappa shape index (κ3) is 3.38. The Balaban J connectivity index is 1.83. The first kappa shape index (κ1) is 18.6. The van der Waals surface area contributed by atoms with Crippen molar-refractivity contribution in [2.75, 3.05) is 0 Å². The molecule has 7 nitrogen and oxygen atoms in total. The summed E-state index contributed by atoms with van der Waals surface area (Å²) in [5, 5.41) is 17.1. The summed E-state index contributed by atoms with van der Waals surface area (Å²) in [5.74, 6) is -1.41. The maximum atomic E-state index is 13.2. The molecule has 1 N–H and O–H groups in total. The van der Waals surface area contributed by atoms with Gasteiger partial charge in [0.1, 0.15) is 11.5 Å². The number of carbonyl (C=O) groups excluding carboxylic acids is 1. The summed E-state index contributed by atoms with van der Waals surface area (Å²) < 4.78 is 59.3. The van der Waals surface area contributed by atoms with Crippen LogP contribution < -0.4 is 0 Å². The summed E-state index contributed by atoms with van der Waals surface area (Å²) in [6.45, 7) is 0.142. The Morgan fingerprint density at radius 2 is 2.12 bits per heavy atom. The van der Waals surface area contributed by atoms with E-state index in [9.17, 15) is 27.5 Å². The SMILES string of the molecule is O=C(c1ccc(Cn2cc(Br)cn2)o1)N1N=C(C(F)F)C[C@@]1(O)C(F)F. The number of alkyl halides is 4. The number of carbonyl (C=O) groups is 1. The summed E-state index contributed by atoms with van der Waals surface area (Å²) in [4.78, 5) is 12.4. The topological polar surface area (TPSA) is 83.9 Å². The molecule has 1 aliphatic heterocycles. The molecule has 12 heteroatoms. The first-order chi connectivity index (χ1) is 12.2. The van der Waals surface area contributed by atoms with Crippen molar-refractivity contribution in [2.45, 2.75) is 31.5 Å². The molecular formula is C14H11BrF4N4O3. The van der Waals surface area contributed by atoms with Gasteiger partial charge in [-0.05, 0) is 28.1 Å². The Kier molecular flexibility index (Phi) is 4.88. The minimum absolute atomic E-state index is 0.0493. The number of nitrogens with zero attached hydrogens (tertiary/aromatic N) is 4. The Labute approximate surface area is 152 Å². The normalized spacial score (nSPS) is 20.3. The molecule has 0 aliphatic carbocycles. The lowest BCUT2D eigenvalue weighted by Crippen LogP contribution is -2.51. The number of amides is 1. The van der Waals surface area contributed by atoms with Crippen molar-refractivity contribution < 1.29 is 31.9 Å². The molecule has 0 aromatic carbocycles. The number of halogens is 5. The molecule has 1 atom stereocenters. The third-order valence-electron chi connectivity index (χ3n) is 3.62. The summed E-state index contributed by atoms with van der Waals surface area (Å²) >= 11 is 3.21. The molecule has 2 aromatic rings. The van der Waals surface area contributed by atoms with Crippen LogP contribution in [0.2, 0.25) is 0 Å². The van der Waals surface area contributed by atoms with Crippen LogP contribution in [0.5, 0.6) is 0 Å². The maximum Gasteiger partial charge on any atom is 0.312 e. The molecule has 0 bridgehead atoms. The van der Waals surface area contributed by atoms with Gasteiger partial charge in [-0.1, -0.05) is 0 Å². The highest BCUT2D eigenvalue weighted by Gasteiger charge is 2.53. The Hall–Kier alpha value is -2.21. The summed E-state index contributed by atoms with van der Waals surface area (Å²) in [6, 6.07) is 2.58. The predicted octanol–water partition coefficient (Wildman–Crippen LogP) is 2.71. The van der Waals surface area contributed by atoms with Crippen molar-refractivity contribution in [1.29, 1.82) is 0 Å². The molecule has 140 valence electrons. The highest BCUT2D eigenvalue weighted by Crippen LogP contribution is 2.34. The van der Waals surface area contributed by atoms with E-state index >= 15 is 0 Å². The van der Waals surface area contributed by atoms with Gasteiger partial charge in [0.15, 0.2) is 5.76 Å². The number of hydrogen-bond donors (Lipinski definition) is 1. The number of rotatable bonds is 5. The highest BCUT2D eigenvalue weighted by molar-refractivity contribution is 9.10. The van der Waals surface area contributed by atoms with Crippen LogP contribution in [0.1, 0.15) is 22.7 Å². The number of furan rings is 1. The van der Waals surface area contributed by atoms with Gasteiger partial charge >= 0.3 is 5.91 Å². The van der Waals surface area contributed by atoms with Crippen LogP contribution in [0.4, 0.5) is 17.6 Å². The van der Waals surface area contributed by atoms with Crippen LogP contribution in [-0.4, -0.2) is 50.1 Å². The van der Waals surface area contributed by atoms with E-state index in [1.165, 1.54) is 23.0 Å². The molecule has 0 saturated heterocycles. The van der Waals surface area contributed by atoms with Gasteiger partial charge in [-0.2, -0.15) is 15.2 Å². The molecule has 3 rings (SSSR count). The average molecular weight is 439 g/mol. The van der Waals surface area contributed by atoms with E-state index in [1.54, 1.807) is 6.20 Å². The number of aromatic nitrogens is 2. The molecule has 3 heterocycles. The second-order valence-corrected chi connectivity index (χ2v) is 6.40. The molecular weight excluding hydrogens is 428 g/mol. The first-order valence-corrected chi connectivity index (χ1v) is 7.97. The molecule has 0 fully saturated rings. The van der Waals surface area contributed by atoms with Crippen LogP contribution in [0.25, 0.3) is 0 Å². The first-order valence-electron chi connectivity index (χ1n) is 7.18. The number of aliphatic hydroxyl groups is 1. The van der Waals surface area contributed by atoms with Gasteiger partial charge in [-0.25, -0.2) is 17.6 Å². The van der Waals surface area contributed by atoms with E-state index in [0.717, 1.165) is 0 Å². The fraction of sp³-hybridized carbons (Fsp3) is 0.357. The van der Waals surface area contributed by atoms with Crippen molar-refractivity contribution >= 4 is 27.5 Å². The van der Waals surface area contributed by atoms with Gasteiger partial charge in [-0.3, -0.25) is 9.48 Å². The van der Waals surface area contributed by atoms with Crippen molar-refractivity contribution in [3.05, 3.63) is 40.5 Å². The van der Waals surface area contributed by atoms with Crippen molar-refractivity contribution in [2.24, 2.45) is 5.10 Å². The van der Waals surface area contributed by atoms with E-state index in [1.807, 2.05) is 0 Å².